The van der Waals surface area contributed by atoms with Gasteiger partial charge in [0.1, 0.15) is 0 Å². The van der Waals surface area contributed by atoms with Crippen LogP contribution in [0.25, 0.3) is 0 Å². The lowest BCUT2D eigenvalue weighted by atomic mass is 10.2. The summed E-state index contributed by atoms with van der Waals surface area (Å²) >= 11 is 0. The van der Waals surface area contributed by atoms with Crippen LogP contribution >= 0.6 is 0 Å². The minimum atomic E-state index is -1.92. The van der Waals surface area contributed by atoms with Gasteiger partial charge in [-0.05, 0) is 20.5 Å². The molecular weight excluding hydrogens is 220 g/mol. The number of nitrogens with zero attached hydrogens (tertiary/aromatic N) is 2. The van der Waals surface area contributed by atoms with Crippen LogP contribution in [0, 0.1) is 0 Å². The fraction of sp³-hybridized carbons (Fsp3) is 1.00. The molecule has 1 aliphatic heterocycles. The summed E-state index contributed by atoms with van der Waals surface area (Å²) in [7, 11) is 3.81. The first-order valence-electron chi connectivity index (χ1n) is 6.03. The molecule has 96 valence electrons. The van der Waals surface area contributed by atoms with Gasteiger partial charge in [-0.25, -0.2) is 0 Å². The zero-order valence-corrected chi connectivity index (χ0v) is 12.3. The fourth-order valence-electron chi connectivity index (χ4n) is 2.18. The third-order valence-corrected chi connectivity index (χ3v) is 6.75. The van der Waals surface area contributed by atoms with E-state index in [0.29, 0.717) is 6.04 Å². The van der Waals surface area contributed by atoms with E-state index >= 15 is 0 Å². The first-order chi connectivity index (χ1) is 7.50. The first kappa shape index (κ1) is 14.1. The van der Waals surface area contributed by atoms with E-state index in [0.717, 1.165) is 19.1 Å². The molecule has 0 aromatic heterocycles. The van der Waals surface area contributed by atoms with Crippen molar-refractivity contribution < 1.29 is 8.85 Å². The molecule has 1 aliphatic rings. The highest BCUT2D eigenvalue weighted by atomic mass is 28.4. The molecule has 1 atom stereocenters. The van der Waals surface area contributed by atoms with Gasteiger partial charge in [0.15, 0.2) is 0 Å². The molecule has 0 radical (unpaired) electrons. The molecule has 0 amide bonds. The van der Waals surface area contributed by atoms with Crippen molar-refractivity contribution in [2.45, 2.75) is 25.6 Å². The number of hydrogen-bond acceptors (Lipinski definition) is 4. The van der Waals surface area contributed by atoms with Crippen molar-refractivity contribution in [2.75, 3.05) is 47.4 Å². The molecule has 0 aromatic carbocycles. The largest absolute Gasteiger partial charge is 0.398 e. The average molecular weight is 246 g/mol. The Bertz CT molecular complexity index is 204. The third kappa shape index (κ3) is 3.82. The fourth-order valence-corrected chi connectivity index (χ4v) is 4.01. The Labute approximate surface area is 101 Å². The van der Waals surface area contributed by atoms with E-state index in [-0.39, 0.29) is 0 Å². The maximum Gasteiger partial charge on any atom is 0.335 e. The lowest BCUT2D eigenvalue weighted by Gasteiger charge is -2.38. The molecule has 4 nitrogen and oxygen atoms in total. The first-order valence-corrected chi connectivity index (χ1v) is 8.56. The van der Waals surface area contributed by atoms with Gasteiger partial charge in [-0.2, -0.15) is 0 Å². The van der Waals surface area contributed by atoms with Crippen LogP contribution in [0.1, 0.15) is 6.92 Å². The molecule has 1 saturated heterocycles. The van der Waals surface area contributed by atoms with Crippen molar-refractivity contribution in [3.05, 3.63) is 0 Å². The number of rotatable bonds is 5. The zero-order valence-electron chi connectivity index (χ0n) is 11.3. The van der Waals surface area contributed by atoms with Gasteiger partial charge < -0.3 is 13.8 Å². The van der Waals surface area contributed by atoms with Gasteiger partial charge in [0, 0.05) is 52.5 Å². The van der Waals surface area contributed by atoms with Crippen LogP contribution in [0.4, 0.5) is 0 Å². The van der Waals surface area contributed by atoms with Gasteiger partial charge in [-0.15, -0.1) is 0 Å². The van der Waals surface area contributed by atoms with Gasteiger partial charge in [0.25, 0.3) is 0 Å². The number of hydrogen-bond donors (Lipinski definition) is 0. The summed E-state index contributed by atoms with van der Waals surface area (Å²) in [5.41, 5.74) is 0. The number of piperazine rings is 1. The van der Waals surface area contributed by atoms with E-state index < -0.39 is 8.56 Å². The summed E-state index contributed by atoms with van der Waals surface area (Å²) in [5.74, 6) is 0. The molecule has 1 fully saturated rings. The van der Waals surface area contributed by atoms with E-state index in [4.69, 9.17) is 8.85 Å². The molecule has 5 heteroatoms. The third-order valence-electron chi connectivity index (χ3n) is 3.69. The van der Waals surface area contributed by atoms with Crippen molar-refractivity contribution in [3.8, 4) is 0 Å². The van der Waals surface area contributed by atoms with Crippen LogP contribution < -0.4 is 0 Å². The van der Waals surface area contributed by atoms with Crippen LogP contribution in [0.15, 0.2) is 0 Å². The molecule has 0 saturated carbocycles. The SMILES string of the molecule is CO[Si](C)(CC(C)N1CCN(C)CC1)OC. The van der Waals surface area contributed by atoms with Crippen LogP contribution in [-0.4, -0.2) is 71.8 Å². The summed E-state index contributed by atoms with van der Waals surface area (Å²) in [5, 5.41) is 0. The topological polar surface area (TPSA) is 24.9 Å². The second kappa shape index (κ2) is 6.12. The predicted molar refractivity (Wildman–Crippen MR) is 69.0 cm³/mol. The molecule has 1 rings (SSSR count). The highest BCUT2D eigenvalue weighted by Crippen LogP contribution is 2.18. The highest BCUT2D eigenvalue weighted by molar-refractivity contribution is 6.66. The normalized spacial score (nSPS) is 22.3. The molecular formula is C11H26N2O2Si. The molecule has 0 N–H and O–H groups in total. The zero-order chi connectivity index (χ0) is 12.2. The maximum atomic E-state index is 5.55. The molecule has 0 aliphatic carbocycles. The van der Waals surface area contributed by atoms with E-state index in [2.05, 4.69) is 30.3 Å². The van der Waals surface area contributed by atoms with Gasteiger partial charge in [-0.3, -0.25) is 4.90 Å². The van der Waals surface area contributed by atoms with Crippen LogP contribution in [0.3, 0.4) is 0 Å². The van der Waals surface area contributed by atoms with Crippen molar-refractivity contribution in [1.82, 2.24) is 9.80 Å². The van der Waals surface area contributed by atoms with E-state index in [1.807, 2.05) is 0 Å². The van der Waals surface area contributed by atoms with Crippen molar-refractivity contribution in [3.63, 3.8) is 0 Å². The summed E-state index contributed by atoms with van der Waals surface area (Å²) in [6, 6.07) is 1.61. The van der Waals surface area contributed by atoms with Crippen LogP contribution in [-0.2, 0) is 8.85 Å². The Morgan fingerprint density at radius 1 is 1.12 bits per heavy atom. The van der Waals surface area contributed by atoms with E-state index in [9.17, 15) is 0 Å². The average Bonchev–Trinajstić information content (AvgIpc) is 2.29. The highest BCUT2D eigenvalue weighted by Gasteiger charge is 2.33. The predicted octanol–water partition coefficient (Wildman–Crippen LogP) is 0.987. The van der Waals surface area contributed by atoms with Gasteiger partial charge >= 0.3 is 8.56 Å². The lowest BCUT2D eigenvalue weighted by Crippen LogP contribution is -2.51. The molecule has 0 spiro atoms. The van der Waals surface area contributed by atoms with Gasteiger partial charge in [-0.1, -0.05) is 0 Å². The van der Waals surface area contributed by atoms with Crippen LogP contribution in [0.5, 0.6) is 0 Å². The van der Waals surface area contributed by atoms with Crippen molar-refractivity contribution >= 4 is 8.56 Å². The summed E-state index contributed by atoms with van der Waals surface area (Å²) < 4.78 is 11.1. The Kier molecular flexibility index (Phi) is 5.40. The second-order valence-corrected chi connectivity index (χ2v) is 8.43. The Morgan fingerprint density at radius 2 is 1.62 bits per heavy atom. The van der Waals surface area contributed by atoms with Crippen LogP contribution in [0.2, 0.25) is 12.6 Å². The molecule has 1 unspecified atom stereocenters. The summed E-state index contributed by atoms with van der Waals surface area (Å²) in [4.78, 5) is 4.93. The maximum absolute atomic E-state index is 5.55. The smallest absolute Gasteiger partial charge is 0.335 e. The molecule has 0 bridgehead atoms. The van der Waals surface area contributed by atoms with E-state index in [1.54, 1.807) is 14.2 Å². The van der Waals surface area contributed by atoms with E-state index in [1.165, 1.54) is 13.1 Å². The Hall–Kier alpha value is 0.0569. The Morgan fingerprint density at radius 3 is 2.06 bits per heavy atom. The van der Waals surface area contributed by atoms with Gasteiger partial charge in [0.2, 0.25) is 0 Å². The standard InChI is InChI=1S/C11H26N2O2Si/c1-11(10-16(5,14-3)15-4)13-8-6-12(2)7-9-13/h11H,6-10H2,1-5H3. The summed E-state index contributed by atoms with van der Waals surface area (Å²) in [6.45, 7) is 9.09. The van der Waals surface area contributed by atoms with Crippen molar-refractivity contribution in [1.29, 1.82) is 0 Å². The Balaban J connectivity index is 2.42. The molecule has 0 aromatic rings. The second-order valence-electron chi connectivity index (χ2n) is 4.93. The molecule has 1 heterocycles. The molecule has 16 heavy (non-hydrogen) atoms. The van der Waals surface area contributed by atoms with Gasteiger partial charge in [0.05, 0.1) is 0 Å². The lowest BCUT2D eigenvalue weighted by molar-refractivity contribution is 0.119. The monoisotopic (exact) mass is 246 g/mol. The number of likely N-dealkylation sites (N-methyl/N-ethyl adjacent to an activating group) is 1. The minimum absolute atomic E-state index is 0.560. The van der Waals surface area contributed by atoms with Crippen molar-refractivity contribution in [2.24, 2.45) is 0 Å². The quantitative estimate of drug-likeness (QED) is 0.675. The summed E-state index contributed by atoms with van der Waals surface area (Å²) in [6.07, 6.45) is 0. The minimum Gasteiger partial charge on any atom is -0.398 e.